The molecule has 2 aromatic carbocycles. The van der Waals surface area contributed by atoms with Crippen molar-refractivity contribution in [2.45, 2.75) is 12.5 Å². The first-order valence-electron chi connectivity index (χ1n) is 8.65. The van der Waals surface area contributed by atoms with Gasteiger partial charge in [-0.15, -0.1) is 0 Å². The van der Waals surface area contributed by atoms with E-state index in [4.69, 9.17) is 9.47 Å². The van der Waals surface area contributed by atoms with Crippen molar-refractivity contribution in [3.63, 3.8) is 0 Å². The Morgan fingerprint density at radius 1 is 1.08 bits per heavy atom. The van der Waals surface area contributed by atoms with Gasteiger partial charge in [0.2, 0.25) is 11.8 Å². The number of hydrogen-bond acceptors (Lipinski definition) is 4. The van der Waals surface area contributed by atoms with Gasteiger partial charge >= 0.3 is 0 Å². The zero-order chi connectivity index (χ0) is 17.9. The second kappa shape index (κ2) is 7.04. The Morgan fingerprint density at radius 3 is 2.69 bits per heavy atom. The van der Waals surface area contributed by atoms with Gasteiger partial charge in [-0.25, -0.2) is 4.98 Å². The van der Waals surface area contributed by atoms with Crippen molar-refractivity contribution in [2.24, 2.45) is 0 Å². The highest BCUT2D eigenvalue weighted by molar-refractivity contribution is 5.80. The van der Waals surface area contributed by atoms with Gasteiger partial charge in [0.25, 0.3) is 0 Å². The molecule has 0 radical (unpaired) electrons. The fraction of sp³-hybridized carbons (Fsp3) is 0.238. The zero-order valence-corrected chi connectivity index (χ0v) is 14.6. The summed E-state index contributed by atoms with van der Waals surface area (Å²) in [5.74, 6) is 1.43. The number of likely N-dealkylation sites (tertiary alicyclic amines) is 1. The van der Waals surface area contributed by atoms with Crippen LogP contribution in [0, 0.1) is 0 Å². The van der Waals surface area contributed by atoms with Gasteiger partial charge in [0.15, 0.2) is 0 Å². The lowest BCUT2D eigenvalue weighted by Gasteiger charge is -2.38. The predicted molar refractivity (Wildman–Crippen MR) is 99.4 cm³/mol. The first kappa shape index (κ1) is 16.4. The maximum atomic E-state index is 12.4. The molecular formula is C21H20N2O3. The maximum absolute atomic E-state index is 12.4. The third kappa shape index (κ3) is 3.33. The van der Waals surface area contributed by atoms with Gasteiger partial charge in [0.1, 0.15) is 11.9 Å². The van der Waals surface area contributed by atoms with Crippen molar-refractivity contribution in [1.82, 2.24) is 9.88 Å². The molecule has 1 fully saturated rings. The molecule has 1 aromatic heterocycles. The normalized spacial score (nSPS) is 14.1. The van der Waals surface area contributed by atoms with E-state index in [0.717, 1.165) is 22.2 Å². The summed E-state index contributed by atoms with van der Waals surface area (Å²) in [6.45, 7) is 1.17. The first-order chi connectivity index (χ1) is 12.7. The summed E-state index contributed by atoms with van der Waals surface area (Å²) in [5.41, 5.74) is 1.81. The number of amides is 1. The van der Waals surface area contributed by atoms with Gasteiger partial charge in [0, 0.05) is 17.0 Å². The third-order valence-corrected chi connectivity index (χ3v) is 4.60. The minimum atomic E-state index is -0.00900. The molecule has 4 rings (SSSR count). The highest BCUT2D eigenvalue weighted by atomic mass is 16.5. The standard InChI is InChI=1S/C21H20N2O3/c1-25-19-9-5-3-7-16(19)12-21(24)23-13-17(14-23)26-20-11-10-15-6-2-4-8-18(15)22-20/h2-11,17H,12-14H2,1H3. The Kier molecular flexibility index (Phi) is 4.44. The number of nitrogens with zero attached hydrogens (tertiary/aromatic N) is 2. The molecule has 0 atom stereocenters. The molecule has 2 heterocycles. The van der Waals surface area contributed by atoms with E-state index >= 15 is 0 Å². The molecule has 0 spiro atoms. The maximum Gasteiger partial charge on any atom is 0.227 e. The van der Waals surface area contributed by atoms with Gasteiger partial charge < -0.3 is 14.4 Å². The monoisotopic (exact) mass is 348 g/mol. The van der Waals surface area contributed by atoms with Crippen LogP contribution >= 0.6 is 0 Å². The summed E-state index contributed by atoms with van der Waals surface area (Å²) < 4.78 is 11.2. The van der Waals surface area contributed by atoms with Crippen LogP contribution in [0.4, 0.5) is 0 Å². The molecule has 26 heavy (non-hydrogen) atoms. The number of para-hydroxylation sites is 2. The van der Waals surface area contributed by atoms with Crippen LogP contribution in [0.25, 0.3) is 10.9 Å². The Bertz CT molecular complexity index is 935. The number of hydrogen-bond donors (Lipinski definition) is 0. The van der Waals surface area contributed by atoms with Crippen LogP contribution in [0.3, 0.4) is 0 Å². The van der Waals surface area contributed by atoms with E-state index in [1.54, 1.807) is 12.0 Å². The van der Waals surface area contributed by atoms with Gasteiger partial charge in [0.05, 0.1) is 32.1 Å². The van der Waals surface area contributed by atoms with Gasteiger partial charge in [-0.05, 0) is 18.2 Å². The topological polar surface area (TPSA) is 51.7 Å². The van der Waals surface area contributed by atoms with E-state index in [9.17, 15) is 4.79 Å². The molecule has 0 aliphatic carbocycles. The van der Waals surface area contributed by atoms with Crippen LogP contribution in [-0.4, -0.2) is 42.1 Å². The average molecular weight is 348 g/mol. The third-order valence-electron chi connectivity index (χ3n) is 4.60. The number of carbonyl (C=O) groups is 1. The van der Waals surface area contributed by atoms with E-state index < -0.39 is 0 Å². The van der Waals surface area contributed by atoms with E-state index in [1.165, 1.54) is 0 Å². The lowest BCUT2D eigenvalue weighted by Crippen LogP contribution is -2.56. The summed E-state index contributed by atoms with van der Waals surface area (Å²) in [5, 5.41) is 1.09. The molecule has 3 aromatic rings. The van der Waals surface area contributed by atoms with Crippen molar-refractivity contribution in [3.05, 3.63) is 66.2 Å². The number of carbonyl (C=O) groups excluding carboxylic acids is 1. The summed E-state index contributed by atoms with van der Waals surface area (Å²) >= 11 is 0. The van der Waals surface area contributed by atoms with Gasteiger partial charge in [-0.2, -0.15) is 0 Å². The van der Waals surface area contributed by atoms with Crippen molar-refractivity contribution >= 4 is 16.8 Å². The van der Waals surface area contributed by atoms with Gasteiger partial charge in [-0.3, -0.25) is 4.79 Å². The number of methoxy groups -OCH3 is 1. The number of pyridine rings is 1. The Balaban J connectivity index is 1.33. The minimum absolute atomic E-state index is 0.00900. The lowest BCUT2D eigenvalue weighted by atomic mass is 10.1. The Hall–Kier alpha value is -3.08. The minimum Gasteiger partial charge on any atom is -0.496 e. The van der Waals surface area contributed by atoms with E-state index in [2.05, 4.69) is 4.98 Å². The summed E-state index contributed by atoms with van der Waals surface area (Å²) in [7, 11) is 1.62. The van der Waals surface area contributed by atoms with Crippen LogP contribution in [0.15, 0.2) is 60.7 Å². The van der Waals surface area contributed by atoms with Crippen LogP contribution in [0.1, 0.15) is 5.56 Å². The van der Waals surface area contributed by atoms with Crippen LogP contribution < -0.4 is 9.47 Å². The molecule has 1 amide bonds. The molecule has 0 unspecified atom stereocenters. The fourth-order valence-corrected chi connectivity index (χ4v) is 3.12. The number of aromatic nitrogens is 1. The molecule has 1 aliphatic heterocycles. The Morgan fingerprint density at radius 2 is 1.85 bits per heavy atom. The Labute approximate surface area is 152 Å². The highest BCUT2D eigenvalue weighted by Gasteiger charge is 2.32. The zero-order valence-electron chi connectivity index (χ0n) is 14.6. The summed E-state index contributed by atoms with van der Waals surface area (Å²) in [6, 6.07) is 19.4. The first-order valence-corrected chi connectivity index (χ1v) is 8.65. The van der Waals surface area contributed by atoms with Crippen molar-refractivity contribution in [3.8, 4) is 11.6 Å². The van der Waals surface area contributed by atoms with Crippen LogP contribution in [-0.2, 0) is 11.2 Å². The van der Waals surface area contributed by atoms with Crippen molar-refractivity contribution in [2.75, 3.05) is 20.2 Å². The molecule has 5 heteroatoms. The highest BCUT2D eigenvalue weighted by Crippen LogP contribution is 2.22. The number of benzene rings is 2. The molecule has 1 aliphatic rings. The van der Waals surface area contributed by atoms with Crippen LogP contribution in [0.5, 0.6) is 11.6 Å². The summed E-state index contributed by atoms with van der Waals surface area (Å²) in [6.07, 6.45) is 0.329. The van der Waals surface area contributed by atoms with Gasteiger partial charge in [-0.1, -0.05) is 36.4 Å². The van der Waals surface area contributed by atoms with Crippen LogP contribution in [0.2, 0.25) is 0 Å². The predicted octanol–water partition coefficient (Wildman–Crippen LogP) is 3.08. The molecule has 0 bridgehead atoms. The lowest BCUT2D eigenvalue weighted by molar-refractivity contribution is -0.139. The molecule has 1 saturated heterocycles. The number of rotatable bonds is 5. The fourth-order valence-electron chi connectivity index (χ4n) is 3.12. The van der Waals surface area contributed by atoms with E-state index in [-0.39, 0.29) is 12.0 Å². The average Bonchev–Trinajstić information content (AvgIpc) is 2.64. The second-order valence-electron chi connectivity index (χ2n) is 6.37. The quantitative estimate of drug-likeness (QED) is 0.711. The molecule has 0 saturated carbocycles. The number of ether oxygens (including phenoxy) is 2. The number of fused-ring (bicyclic) bond motifs is 1. The molecule has 132 valence electrons. The smallest absolute Gasteiger partial charge is 0.227 e. The largest absolute Gasteiger partial charge is 0.496 e. The van der Waals surface area contributed by atoms with Crippen molar-refractivity contribution < 1.29 is 14.3 Å². The van der Waals surface area contributed by atoms with E-state index in [1.807, 2.05) is 60.7 Å². The second-order valence-corrected chi connectivity index (χ2v) is 6.37. The summed E-state index contributed by atoms with van der Waals surface area (Å²) in [4.78, 5) is 18.8. The molecule has 5 nitrogen and oxygen atoms in total. The van der Waals surface area contributed by atoms with E-state index in [0.29, 0.717) is 25.4 Å². The SMILES string of the molecule is COc1ccccc1CC(=O)N1CC(Oc2ccc3ccccc3n2)C1. The molecular weight excluding hydrogens is 328 g/mol. The van der Waals surface area contributed by atoms with Crippen molar-refractivity contribution in [1.29, 1.82) is 0 Å². The molecule has 0 N–H and O–H groups in total.